The van der Waals surface area contributed by atoms with Crippen LogP contribution >= 0.6 is 0 Å². The van der Waals surface area contributed by atoms with Gasteiger partial charge in [0.15, 0.2) is 11.6 Å². The van der Waals surface area contributed by atoms with Crippen molar-refractivity contribution in [1.82, 2.24) is 5.32 Å². The second-order valence-corrected chi connectivity index (χ2v) is 5.52. The molecule has 1 aliphatic rings. The Morgan fingerprint density at radius 3 is 2.50 bits per heavy atom. The molecule has 110 valence electrons. The smallest absolute Gasteiger partial charge is 0.223 e. The van der Waals surface area contributed by atoms with Crippen LogP contribution in [-0.4, -0.2) is 11.9 Å². The second-order valence-electron chi connectivity index (χ2n) is 5.52. The van der Waals surface area contributed by atoms with Gasteiger partial charge in [0.25, 0.3) is 0 Å². The van der Waals surface area contributed by atoms with Crippen LogP contribution in [0.15, 0.2) is 18.2 Å². The summed E-state index contributed by atoms with van der Waals surface area (Å²) in [5.74, 6) is -1.84. The summed E-state index contributed by atoms with van der Waals surface area (Å²) in [6.45, 7) is 1.76. The second kappa shape index (κ2) is 6.31. The molecule has 1 saturated carbocycles. The van der Waals surface area contributed by atoms with Crippen LogP contribution in [0.5, 0.6) is 0 Å². The molecule has 20 heavy (non-hydrogen) atoms. The zero-order chi connectivity index (χ0) is 14.7. The molecule has 1 unspecified atom stereocenters. The van der Waals surface area contributed by atoms with E-state index in [0.29, 0.717) is 5.56 Å². The SMILES string of the molecule is CC(NC(=O)C1CCC(N)CC1)c1ccc(F)c(F)c1. The van der Waals surface area contributed by atoms with Crippen molar-refractivity contribution in [1.29, 1.82) is 0 Å². The van der Waals surface area contributed by atoms with Crippen LogP contribution in [0.4, 0.5) is 8.78 Å². The topological polar surface area (TPSA) is 55.1 Å². The molecule has 0 aliphatic heterocycles. The first-order valence-electron chi connectivity index (χ1n) is 6.98. The number of nitrogens with one attached hydrogen (secondary N) is 1. The fourth-order valence-electron chi connectivity index (χ4n) is 2.58. The van der Waals surface area contributed by atoms with Gasteiger partial charge in [-0.3, -0.25) is 4.79 Å². The van der Waals surface area contributed by atoms with Crippen molar-refractivity contribution in [2.75, 3.05) is 0 Å². The first-order chi connectivity index (χ1) is 9.47. The maximum atomic E-state index is 13.2. The Bertz CT molecular complexity index is 485. The summed E-state index contributed by atoms with van der Waals surface area (Å²) in [6.07, 6.45) is 3.30. The molecule has 0 saturated heterocycles. The first kappa shape index (κ1) is 14.9. The molecule has 0 radical (unpaired) electrons. The summed E-state index contributed by atoms with van der Waals surface area (Å²) >= 11 is 0. The molecule has 0 spiro atoms. The highest BCUT2D eigenvalue weighted by molar-refractivity contribution is 5.79. The molecule has 1 aliphatic carbocycles. The predicted octanol–water partition coefficient (Wildman–Crippen LogP) is 2.66. The van der Waals surface area contributed by atoms with Gasteiger partial charge in [0, 0.05) is 12.0 Å². The number of halogens is 2. The fraction of sp³-hybridized carbons (Fsp3) is 0.533. The van der Waals surface area contributed by atoms with Gasteiger partial charge < -0.3 is 11.1 Å². The summed E-state index contributed by atoms with van der Waals surface area (Å²) in [5.41, 5.74) is 6.37. The zero-order valence-electron chi connectivity index (χ0n) is 11.5. The van der Waals surface area contributed by atoms with E-state index in [-0.39, 0.29) is 23.9 Å². The third-order valence-electron chi connectivity index (χ3n) is 3.95. The van der Waals surface area contributed by atoms with E-state index in [4.69, 9.17) is 5.73 Å². The summed E-state index contributed by atoms with van der Waals surface area (Å²) in [7, 11) is 0. The molecule has 1 aromatic carbocycles. The van der Waals surface area contributed by atoms with Gasteiger partial charge in [-0.2, -0.15) is 0 Å². The molecule has 3 nitrogen and oxygen atoms in total. The zero-order valence-corrected chi connectivity index (χ0v) is 11.5. The molecule has 1 amide bonds. The lowest BCUT2D eigenvalue weighted by Gasteiger charge is -2.26. The number of nitrogens with two attached hydrogens (primary N) is 1. The number of carbonyl (C=O) groups is 1. The number of carbonyl (C=O) groups excluding carboxylic acids is 1. The number of benzene rings is 1. The third kappa shape index (κ3) is 3.54. The van der Waals surface area contributed by atoms with Crippen molar-refractivity contribution in [3.8, 4) is 0 Å². The van der Waals surface area contributed by atoms with E-state index >= 15 is 0 Å². The van der Waals surface area contributed by atoms with Gasteiger partial charge >= 0.3 is 0 Å². The molecule has 0 aromatic heterocycles. The van der Waals surface area contributed by atoms with Crippen LogP contribution in [0.25, 0.3) is 0 Å². The Morgan fingerprint density at radius 2 is 1.90 bits per heavy atom. The van der Waals surface area contributed by atoms with Gasteiger partial charge in [0.2, 0.25) is 5.91 Å². The number of hydrogen-bond donors (Lipinski definition) is 2. The molecule has 1 fully saturated rings. The van der Waals surface area contributed by atoms with E-state index in [1.807, 2.05) is 0 Å². The highest BCUT2D eigenvalue weighted by Gasteiger charge is 2.25. The monoisotopic (exact) mass is 282 g/mol. The minimum atomic E-state index is -0.896. The van der Waals surface area contributed by atoms with Gasteiger partial charge in [-0.25, -0.2) is 8.78 Å². The minimum absolute atomic E-state index is 0.0254. The van der Waals surface area contributed by atoms with Crippen LogP contribution in [0.3, 0.4) is 0 Å². The lowest BCUT2D eigenvalue weighted by atomic mass is 9.85. The maximum absolute atomic E-state index is 13.2. The normalized spacial score (nSPS) is 24.2. The summed E-state index contributed by atoms with van der Waals surface area (Å²) < 4.78 is 26.1. The van der Waals surface area contributed by atoms with Crippen molar-refractivity contribution in [2.45, 2.75) is 44.7 Å². The van der Waals surface area contributed by atoms with E-state index in [9.17, 15) is 13.6 Å². The fourth-order valence-corrected chi connectivity index (χ4v) is 2.58. The lowest BCUT2D eigenvalue weighted by Crippen LogP contribution is -2.37. The Labute approximate surface area is 117 Å². The highest BCUT2D eigenvalue weighted by Crippen LogP contribution is 2.24. The summed E-state index contributed by atoms with van der Waals surface area (Å²) in [4.78, 5) is 12.1. The molecule has 0 bridgehead atoms. The average Bonchev–Trinajstić information content (AvgIpc) is 2.42. The van der Waals surface area contributed by atoms with Gasteiger partial charge in [0.05, 0.1) is 6.04 Å². The van der Waals surface area contributed by atoms with Crippen LogP contribution in [-0.2, 0) is 4.79 Å². The Morgan fingerprint density at radius 1 is 1.25 bits per heavy atom. The van der Waals surface area contributed by atoms with Crippen LogP contribution < -0.4 is 11.1 Å². The number of amides is 1. The van der Waals surface area contributed by atoms with E-state index in [0.717, 1.165) is 37.8 Å². The maximum Gasteiger partial charge on any atom is 0.223 e. The highest BCUT2D eigenvalue weighted by atomic mass is 19.2. The van der Waals surface area contributed by atoms with E-state index in [2.05, 4.69) is 5.32 Å². The van der Waals surface area contributed by atoms with Crippen LogP contribution in [0.1, 0.15) is 44.2 Å². The molecule has 3 N–H and O–H groups in total. The molecule has 2 rings (SSSR count). The van der Waals surface area contributed by atoms with Gasteiger partial charge in [0.1, 0.15) is 0 Å². The quantitative estimate of drug-likeness (QED) is 0.895. The van der Waals surface area contributed by atoms with Gasteiger partial charge in [-0.1, -0.05) is 6.07 Å². The minimum Gasteiger partial charge on any atom is -0.349 e. The lowest BCUT2D eigenvalue weighted by molar-refractivity contribution is -0.126. The summed E-state index contributed by atoms with van der Waals surface area (Å²) in [5, 5.41) is 2.86. The van der Waals surface area contributed by atoms with Crippen molar-refractivity contribution >= 4 is 5.91 Å². The van der Waals surface area contributed by atoms with Gasteiger partial charge in [-0.15, -0.1) is 0 Å². The number of rotatable bonds is 3. The summed E-state index contributed by atoms with van der Waals surface area (Å²) in [6, 6.07) is 3.54. The molecule has 5 heteroatoms. The average molecular weight is 282 g/mol. The number of hydrogen-bond acceptors (Lipinski definition) is 2. The Kier molecular flexibility index (Phi) is 4.70. The van der Waals surface area contributed by atoms with E-state index in [1.165, 1.54) is 6.07 Å². The molecule has 0 heterocycles. The predicted molar refractivity (Wildman–Crippen MR) is 72.8 cm³/mol. The molecule has 1 aromatic rings. The van der Waals surface area contributed by atoms with Crippen molar-refractivity contribution < 1.29 is 13.6 Å². The largest absolute Gasteiger partial charge is 0.349 e. The van der Waals surface area contributed by atoms with Gasteiger partial charge in [-0.05, 0) is 50.3 Å². The molecule has 1 atom stereocenters. The Balaban J connectivity index is 1.95. The molecular formula is C15H20F2N2O. The van der Waals surface area contributed by atoms with Crippen molar-refractivity contribution in [3.05, 3.63) is 35.4 Å². The van der Waals surface area contributed by atoms with Crippen LogP contribution in [0.2, 0.25) is 0 Å². The molecular weight excluding hydrogens is 262 g/mol. The third-order valence-corrected chi connectivity index (χ3v) is 3.95. The Hall–Kier alpha value is -1.49. The van der Waals surface area contributed by atoms with E-state index in [1.54, 1.807) is 6.92 Å². The van der Waals surface area contributed by atoms with Crippen molar-refractivity contribution in [3.63, 3.8) is 0 Å². The van der Waals surface area contributed by atoms with Crippen LogP contribution in [0, 0.1) is 17.6 Å². The standard InChI is InChI=1S/C15H20F2N2O/c1-9(11-4-7-13(16)14(17)8-11)19-15(20)10-2-5-12(18)6-3-10/h4,7-10,12H,2-3,5-6,18H2,1H3,(H,19,20). The first-order valence-corrected chi connectivity index (χ1v) is 6.98. The van der Waals surface area contributed by atoms with E-state index < -0.39 is 11.6 Å². The van der Waals surface area contributed by atoms with Crippen molar-refractivity contribution in [2.24, 2.45) is 11.7 Å².